The van der Waals surface area contributed by atoms with Gasteiger partial charge in [-0.15, -0.1) is 0 Å². The van der Waals surface area contributed by atoms with Crippen LogP contribution < -0.4 is 0 Å². The summed E-state index contributed by atoms with van der Waals surface area (Å²) in [6, 6.07) is 32.4. The van der Waals surface area contributed by atoms with Crippen molar-refractivity contribution in [3.8, 4) is 0 Å². The first kappa shape index (κ1) is 20.8. The molecule has 0 N–H and O–H groups in total. The molecule has 0 radical (unpaired) electrons. The van der Waals surface area contributed by atoms with Crippen molar-refractivity contribution in [3.63, 3.8) is 0 Å². The molecule has 3 aromatic rings. The SMILES string of the molecule is c1ccc(CCN2CCN(C(COCc3ccccc3)c3ccccc3)CC2)cc1. The molecule has 0 saturated carbocycles. The average molecular weight is 401 g/mol. The number of rotatable bonds is 9. The molecule has 4 rings (SSSR count). The summed E-state index contributed by atoms with van der Waals surface area (Å²) in [5, 5.41) is 0. The third-order valence-corrected chi connectivity index (χ3v) is 5.98. The lowest BCUT2D eigenvalue weighted by molar-refractivity contribution is 0.0249. The minimum absolute atomic E-state index is 0.311. The fourth-order valence-corrected chi connectivity index (χ4v) is 4.18. The second kappa shape index (κ2) is 11.1. The van der Waals surface area contributed by atoms with Crippen molar-refractivity contribution in [2.75, 3.05) is 39.3 Å². The van der Waals surface area contributed by atoms with Gasteiger partial charge in [-0.25, -0.2) is 0 Å². The summed E-state index contributed by atoms with van der Waals surface area (Å²) in [5.41, 5.74) is 4.01. The van der Waals surface area contributed by atoms with Crippen LogP contribution in [0.3, 0.4) is 0 Å². The fourth-order valence-electron chi connectivity index (χ4n) is 4.18. The summed E-state index contributed by atoms with van der Waals surface area (Å²) in [5.74, 6) is 0. The minimum Gasteiger partial charge on any atom is -0.375 e. The van der Waals surface area contributed by atoms with Crippen molar-refractivity contribution < 1.29 is 4.74 Å². The Bertz CT molecular complexity index is 846. The monoisotopic (exact) mass is 400 g/mol. The van der Waals surface area contributed by atoms with Crippen molar-refractivity contribution >= 4 is 0 Å². The normalized spacial score (nSPS) is 16.4. The highest BCUT2D eigenvalue weighted by atomic mass is 16.5. The molecule has 0 spiro atoms. The van der Waals surface area contributed by atoms with Crippen LogP contribution >= 0.6 is 0 Å². The van der Waals surface area contributed by atoms with Crippen molar-refractivity contribution in [2.24, 2.45) is 0 Å². The molecule has 1 heterocycles. The molecule has 1 saturated heterocycles. The number of ether oxygens (including phenoxy) is 1. The Balaban J connectivity index is 1.31. The molecule has 1 unspecified atom stereocenters. The lowest BCUT2D eigenvalue weighted by Crippen LogP contribution is -2.48. The van der Waals surface area contributed by atoms with E-state index in [1.165, 1.54) is 16.7 Å². The van der Waals surface area contributed by atoms with E-state index in [4.69, 9.17) is 4.74 Å². The van der Waals surface area contributed by atoms with Gasteiger partial charge >= 0.3 is 0 Å². The molecule has 0 aromatic heterocycles. The van der Waals surface area contributed by atoms with Gasteiger partial charge in [0.05, 0.1) is 19.3 Å². The Morgan fingerprint density at radius 3 is 1.87 bits per heavy atom. The number of piperazine rings is 1. The van der Waals surface area contributed by atoms with Gasteiger partial charge in [-0.1, -0.05) is 91.0 Å². The molecular formula is C27H32N2O. The highest BCUT2D eigenvalue weighted by molar-refractivity contribution is 5.20. The molecular weight excluding hydrogens is 368 g/mol. The molecule has 0 bridgehead atoms. The first-order chi connectivity index (χ1) is 14.9. The number of benzene rings is 3. The maximum Gasteiger partial charge on any atom is 0.0717 e. The van der Waals surface area contributed by atoms with Crippen LogP contribution in [0.5, 0.6) is 0 Å². The van der Waals surface area contributed by atoms with Gasteiger partial charge in [0.25, 0.3) is 0 Å². The van der Waals surface area contributed by atoms with Gasteiger partial charge in [0.2, 0.25) is 0 Å². The molecule has 3 heteroatoms. The molecule has 30 heavy (non-hydrogen) atoms. The largest absolute Gasteiger partial charge is 0.375 e. The first-order valence-electron chi connectivity index (χ1n) is 11.1. The van der Waals surface area contributed by atoms with E-state index in [1.807, 2.05) is 6.07 Å². The van der Waals surface area contributed by atoms with Crippen molar-refractivity contribution in [1.82, 2.24) is 9.80 Å². The predicted octanol–water partition coefficient (Wildman–Crippen LogP) is 4.80. The van der Waals surface area contributed by atoms with Gasteiger partial charge < -0.3 is 9.64 Å². The van der Waals surface area contributed by atoms with Crippen LogP contribution in [0.4, 0.5) is 0 Å². The Kier molecular flexibility index (Phi) is 7.68. The first-order valence-corrected chi connectivity index (χ1v) is 11.1. The van der Waals surface area contributed by atoms with E-state index in [0.29, 0.717) is 12.6 Å². The lowest BCUT2D eigenvalue weighted by Gasteiger charge is -2.39. The number of hydrogen-bond acceptors (Lipinski definition) is 3. The summed E-state index contributed by atoms with van der Waals surface area (Å²) in [7, 11) is 0. The third-order valence-electron chi connectivity index (χ3n) is 5.98. The summed E-state index contributed by atoms with van der Waals surface area (Å²) >= 11 is 0. The average Bonchev–Trinajstić information content (AvgIpc) is 2.83. The van der Waals surface area contributed by atoms with Gasteiger partial charge in [0, 0.05) is 32.7 Å². The fraction of sp³-hybridized carbons (Fsp3) is 0.333. The highest BCUT2D eigenvalue weighted by Gasteiger charge is 2.25. The zero-order valence-corrected chi connectivity index (χ0v) is 17.7. The van der Waals surface area contributed by atoms with E-state index in [0.717, 1.165) is 45.8 Å². The van der Waals surface area contributed by atoms with Crippen LogP contribution in [-0.2, 0) is 17.8 Å². The zero-order valence-electron chi connectivity index (χ0n) is 17.7. The molecule has 1 aliphatic heterocycles. The van der Waals surface area contributed by atoms with Crippen LogP contribution in [0.2, 0.25) is 0 Å². The zero-order chi connectivity index (χ0) is 20.4. The number of hydrogen-bond donors (Lipinski definition) is 0. The van der Waals surface area contributed by atoms with E-state index < -0.39 is 0 Å². The minimum atomic E-state index is 0.311. The van der Waals surface area contributed by atoms with E-state index >= 15 is 0 Å². The van der Waals surface area contributed by atoms with Crippen LogP contribution in [0.25, 0.3) is 0 Å². The van der Waals surface area contributed by atoms with Crippen LogP contribution in [-0.4, -0.2) is 49.1 Å². The van der Waals surface area contributed by atoms with Crippen molar-refractivity contribution in [2.45, 2.75) is 19.1 Å². The van der Waals surface area contributed by atoms with Gasteiger partial charge in [-0.2, -0.15) is 0 Å². The second-order valence-electron chi connectivity index (χ2n) is 8.04. The Hall–Kier alpha value is -2.46. The third kappa shape index (κ3) is 6.02. The Labute approximate surface area is 180 Å². The molecule has 1 atom stereocenters. The molecule has 0 aliphatic carbocycles. The predicted molar refractivity (Wildman–Crippen MR) is 123 cm³/mol. The summed E-state index contributed by atoms with van der Waals surface area (Å²) in [6.45, 7) is 6.94. The van der Waals surface area contributed by atoms with E-state index in [-0.39, 0.29) is 0 Å². The molecule has 1 fully saturated rings. The van der Waals surface area contributed by atoms with Gasteiger partial charge in [-0.3, -0.25) is 4.90 Å². The Morgan fingerprint density at radius 1 is 0.667 bits per heavy atom. The molecule has 0 amide bonds. The van der Waals surface area contributed by atoms with E-state index in [2.05, 4.69) is 94.7 Å². The smallest absolute Gasteiger partial charge is 0.0717 e. The quantitative estimate of drug-likeness (QED) is 0.513. The van der Waals surface area contributed by atoms with Crippen molar-refractivity contribution in [3.05, 3.63) is 108 Å². The molecule has 3 nitrogen and oxygen atoms in total. The highest BCUT2D eigenvalue weighted by Crippen LogP contribution is 2.23. The second-order valence-corrected chi connectivity index (χ2v) is 8.04. The van der Waals surface area contributed by atoms with Crippen molar-refractivity contribution in [1.29, 1.82) is 0 Å². The summed E-state index contributed by atoms with van der Waals surface area (Å²) in [4.78, 5) is 5.19. The Morgan fingerprint density at radius 2 is 1.23 bits per heavy atom. The molecule has 1 aliphatic rings. The topological polar surface area (TPSA) is 15.7 Å². The molecule has 156 valence electrons. The maximum atomic E-state index is 6.17. The number of nitrogens with zero attached hydrogens (tertiary/aromatic N) is 2. The van der Waals surface area contributed by atoms with Gasteiger partial charge in [0.1, 0.15) is 0 Å². The van der Waals surface area contributed by atoms with E-state index in [1.54, 1.807) is 0 Å². The van der Waals surface area contributed by atoms with E-state index in [9.17, 15) is 0 Å². The standard InChI is InChI=1S/C27H32N2O/c1-4-10-24(11-5-1)16-17-28-18-20-29(21-19-28)27(26-14-8-3-9-15-26)23-30-22-25-12-6-2-7-13-25/h1-15,27H,16-23H2. The van der Waals surface area contributed by atoms with Crippen LogP contribution in [0.15, 0.2) is 91.0 Å². The summed E-state index contributed by atoms with van der Waals surface area (Å²) in [6.07, 6.45) is 1.13. The van der Waals surface area contributed by atoms with Gasteiger partial charge in [-0.05, 0) is 23.1 Å². The van der Waals surface area contributed by atoms with Crippen LogP contribution in [0.1, 0.15) is 22.7 Å². The molecule has 3 aromatic carbocycles. The lowest BCUT2D eigenvalue weighted by atomic mass is 10.0. The maximum absolute atomic E-state index is 6.17. The van der Waals surface area contributed by atoms with Crippen LogP contribution in [0, 0.1) is 0 Å². The summed E-state index contributed by atoms with van der Waals surface area (Å²) < 4.78 is 6.17. The van der Waals surface area contributed by atoms with Gasteiger partial charge in [0.15, 0.2) is 0 Å².